The van der Waals surface area contributed by atoms with Gasteiger partial charge in [0.1, 0.15) is 5.65 Å². The van der Waals surface area contributed by atoms with Crippen molar-refractivity contribution < 1.29 is 0 Å². The van der Waals surface area contributed by atoms with Crippen LogP contribution in [0.1, 0.15) is 22.3 Å². The summed E-state index contributed by atoms with van der Waals surface area (Å²) >= 11 is 0. The van der Waals surface area contributed by atoms with Crippen LogP contribution in [0.3, 0.4) is 0 Å². The molecule has 0 N–H and O–H groups in total. The van der Waals surface area contributed by atoms with Crippen molar-refractivity contribution in [3.63, 3.8) is 0 Å². The van der Waals surface area contributed by atoms with Crippen molar-refractivity contribution in [3.8, 4) is 22.3 Å². The summed E-state index contributed by atoms with van der Waals surface area (Å²) in [6.07, 6.45) is 2.01. The number of hydrogen-bond donors (Lipinski definition) is 0. The molecule has 0 bridgehead atoms. The van der Waals surface area contributed by atoms with Crippen molar-refractivity contribution in [3.05, 3.63) is 119 Å². The zero-order valence-electron chi connectivity index (χ0n) is 19.0. The van der Waals surface area contributed by atoms with Crippen molar-refractivity contribution in [2.45, 2.75) is 12.8 Å². The first-order valence-corrected chi connectivity index (χ1v) is 12.3. The molecule has 2 heterocycles. The number of hydrogen-bond acceptors (Lipinski definition) is 1. The number of para-hydroxylation sites is 1. The van der Waals surface area contributed by atoms with Gasteiger partial charge < -0.3 is 0 Å². The number of aromatic nitrogens is 2. The fourth-order valence-corrected chi connectivity index (χ4v) is 6.63. The predicted molar refractivity (Wildman–Crippen MR) is 144 cm³/mol. The van der Waals surface area contributed by atoms with Gasteiger partial charge >= 0.3 is 0 Å². The summed E-state index contributed by atoms with van der Waals surface area (Å²) in [7, 11) is 0. The number of nitrogens with zero attached hydrogens (tertiary/aromatic N) is 2. The fraction of sp³-hybridized carbons (Fsp3) is 0.0606. The smallest absolute Gasteiger partial charge is 0.146 e. The Morgan fingerprint density at radius 2 is 1.11 bits per heavy atom. The Kier molecular flexibility index (Phi) is 3.16. The molecular weight excluding hydrogens is 424 g/mol. The Labute approximate surface area is 202 Å². The van der Waals surface area contributed by atoms with Crippen molar-refractivity contribution in [2.75, 3.05) is 0 Å². The Morgan fingerprint density at radius 1 is 0.486 bits per heavy atom. The van der Waals surface area contributed by atoms with Crippen LogP contribution in [0, 0.1) is 0 Å². The molecule has 5 aromatic carbocycles. The van der Waals surface area contributed by atoms with Gasteiger partial charge in [-0.3, -0.25) is 4.40 Å². The van der Waals surface area contributed by atoms with Crippen LogP contribution in [-0.2, 0) is 12.8 Å². The van der Waals surface area contributed by atoms with E-state index in [1.165, 1.54) is 71.7 Å². The maximum Gasteiger partial charge on any atom is 0.146 e. The van der Waals surface area contributed by atoms with Crippen LogP contribution in [0.5, 0.6) is 0 Å². The first-order chi connectivity index (χ1) is 17.3. The standard InChI is InChI=1S/C33H20N2/c1-2-8-23-19(7-1)13-20-16-28-21(15-27(20)23)14-22-17-30-32(18-29(22)28)35-31-12-6-5-10-25(31)24-9-3-4-11-26(24)33(35)34-30/h1-12,15-18H,13-14H2. The van der Waals surface area contributed by atoms with Gasteiger partial charge in [0.05, 0.1) is 16.6 Å². The third-order valence-corrected chi connectivity index (χ3v) is 8.17. The summed E-state index contributed by atoms with van der Waals surface area (Å²) in [6.45, 7) is 0. The van der Waals surface area contributed by atoms with Gasteiger partial charge in [0.15, 0.2) is 0 Å². The molecule has 0 radical (unpaired) electrons. The minimum absolute atomic E-state index is 0.978. The maximum atomic E-state index is 5.19. The Morgan fingerprint density at radius 3 is 2.00 bits per heavy atom. The molecule has 2 aliphatic rings. The minimum Gasteiger partial charge on any atom is -0.292 e. The van der Waals surface area contributed by atoms with Crippen LogP contribution in [0.15, 0.2) is 97.1 Å². The Bertz CT molecular complexity index is 2060. The average molecular weight is 445 g/mol. The quantitative estimate of drug-likeness (QED) is 0.217. The Balaban J connectivity index is 1.35. The molecule has 2 heteroatoms. The third-order valence-electron chi connectivity index (χ3n) is 8.17. The second-order valence-corrected chi connectivity index (χ2v) is 10.0. The lowest BCUT2D eigenvalue weighted by molar-refractivity contribution is 1.24. The monoisotopic (exact) mass is 444 g/mol. The molecule has 0 amide bonds. The first-order valence-electron chi connectivity index (χ1n) is 12.3. The molecule has 35 heavy (non-hydrogen) atoms. The summed E-state index contributed by atoms with van der Waals surface area (Å²) in [5.41, 5.74) is 15.8. The molecule has 0 unspecified atom stereocenters. The van der Waals surface area contributed by atoms with E-state index < -0.39 is 0 Å². The number of rotatable bonds is 0. The van der Waals surface area contributed by atoms with Crippen LogP contribution in [-0.4, -0.2) is 9.38 Å². The lowest BCUT2D eigenvalue weighted by Gasteiger charge is -2.09. The van der Waals surface area contributed by atoms with Crippen molar-refractivity contribution in [1.29, 1.82) is 0 Å². The molecule has 2 aromatic heterocycles. The summed E-state index contributed by atoms with van der Waals surface area (Å²) in [6, 6.07) is 35.9. The third kappa shape index (κ3) is 2.22. The number of benzene rings is 5. The summed E-state index contributed by atoms with van der Waals surface area (Å²) < 4.78 is 2.37. The zero-order valence-corrected chi connectivity index (χ0v) is 19.0. The molecule has 0 atom stereocenters. The SMILES string of the molecule is c1ccc2c(c1)Cc1cc3c(cc1-2)Cc1cc2nc4c5ccccc5c5ccccc5n4c2cc1-3. The summed E-state index contributed by atoms with van der Waals surface area (Å²) in [5.74, 6) is 0. The molecule has 0 saturated heterocycles. The van der Waals surface area contributed by atoms with Gasteiger partial charge in [-0.05, 0) is 93.1 Å². The van der Waals surface area contributed by atoms with Gasteiger partial charge in [-0.2, -0.15) is 0 Å². The van der Waals surface area contributed by atoms with Crippen LogP contribution in [0.4, 0.5) is 0 Å². The number of imidazole rings is 1. The highest BCUT2D eigenvalue weighted by Crippen LogP contribution is 2.46. The zero-order chi connectivity index (χ0) is 22.7. The van der Waals surface area contributed by atoms with Crippen molar-refractivity contribution in [1.82, 2.24) is 9.38 Å². The number of fused-ring (bicyclic) bond motifs is 14. The van der Waals surface area contributed by atoms with Gasteiger partial charge in [-0.1, -0.05) is 66.7 Å². The van der Waals surface area contributed by atoms with E-state index in [4.69, 9.17) is 4.98 Å². The average Bonchev–Trinajstić information content (AvgIpc) is 3.56. The lowest BCUT2D eigenvalue weighted by atomic mass is 9.98. The molecule has 0 fully saturated rings. The van der Waals surface area contributed by atoms with E-state index >= 15 is 0 Å². The summed E-state index contributed by atoms with van der Waals surface area (Å²) in [4.78, 5) is 5.19. The van der Waals surface area contributed by atoms with Gasteiger partial charge in [0.25, 0.3) is 0 Å². The molecule has 162 valence electrons. The molecule has 0 spiro atoms. The molecule has 7 aromatic rings. The molecule has 0 saturated carbocycles. The highest BCUT2D eigenvalue weighted by atomic mass is 15.0. The highest BCUT2D eigenvalue weighted by Gasteiger charge is 2.26. The highest BCUT2D eigenvalue weighted by molar-refractivity contribution is 6.14. The van der Waals surface area contributed by atoms with Crippen LogP contribution in [0.25, 0.3) is 60.6 Å². The van der Waals surface area contributed by atoms with Crippen LogP contribution >= 0.6 is 0 Å². The first kappa shape index (κ1) is 18.0. The topological polar surface area (TPSA) is 17.3 Å². The van der Waals surface area contributed by atoms with E-state index in [0.717, 1.165) is 24.0 Å². The van der Waals surface area contributed by atoms with Gasteiger partial charge in [0.2, 0.25) is 0 Å². The van der Waals surface area contributed by atoms with Crippen molar-refractivity contribution >= 4 is 38.4 Å². The number of pyridine rings is 1. The lowest BCUT2D eigenvalue weighted by Crippen LogP contribution is -1.91. The van der Waals surface area contributed by atoms with E-state index in [9.17, 15) is 0 Å². The van der Waals surface area contributed by atoms with E-state index in [1.54, 1.807) is 0 Å². The second kappa shape index (κ2) is 6.17. The fourth-order valence-electron chi connectivity index (χ4n) is 6.63. The molecule has 9 rings (SSSR count). The molecule has 0 aliphatic heterocycles. The normalized spacial score (nSPS) is 13.5. The van der Waals surface area contributed by atoms with Crippen LogP contribution in [0.2, 0.25) is 0 Å². The van der Waals surface area contributed by atoms with Gasteiger partial charge in [-0.25, -0.2) is 4.98 Å². The second-order valence-electron chi connectivity index (χ2n) is 10.0. The van der Waals surface area contributed by atoms with Gasteiger partial charge in [0, 0.05) is 10.8 Å². The maximum absolute atomic E-state index is 5.19. The van der Waals surface area contributed by atoms with E-state index in [2.05, 4.69) is 101 Å². The largest absolute Gasteiger partial charge is 0.292 e. The Hall–Kier alpha value is -4.43. The molecule has 2 nitrogen and oxygen atoms in total. The van der Waals surface area contributed by atoms with E-state index in [0.29, 0.717) is 0 Å². The minimum atomic E-state index is 0.978. The van der Waals surface area contributed by atoms with E-state index in [1.807, 2.05) is 0 Å². The van der Waals surface area contributed by atoms with Crippen molar-refractivity contribution in [2.24, 2.45) is 0 Å². The van der Waals surface area contributed by atoms with Crippen LogP contribution < -0.4 is 0 Å². The molecule has 2 aliphatic carbocycles. The predicted octanol–water partition coefficient (Wildman–Crippen LogP) is 7.94. The van der Waals surface area contributed by atoms with E-state index in [-0.39, 0.29) is 0 Å². The van der Waals surface area contributed by atoms with Gasteiger partial charge in [-0.15, -0.1) is 0 Å². The summed E-state index contributed by atoms with van der Waals surface area (Å²) in [5, 5.41) is 3.74. The molecular formula is C33H20N2.